The van der Waals surface area contributed by atoms with Crippen LogP contribution in [0.1, 0.15) is 26.7 Å². The van der Waals surface area contributed by atoms with Gasteiger partial charge in [-0.05, 0) is 12.3 Å². The Kier molecular flexibility index (Phi) is 5.89. The van der Waals surface area contributed by atoms with E-state index in [0.29, 0.717) is 6.42 Å². The summed E-state index contributed by atoms with van der Waals surface area (Å²) in [5, 5.41) is 11.4. The summed E-state index contributed by atoms with van der Waals surface area (Å²) < 4.78 is 1.18. The number of rotatable bonds is 7. The monoisotopic (exact) mass is 297 g/mol. The van der Waals surface area contributed by atoms with E-state index in [-0.39, 0.29) is 18.9 Å². The van der Waals surface area contributed by atoms with Gasteiger partial charge in [0.15, 0.2) is 0 Å². The zero-order valence-electron chi connectivity index (χ0n) is 12.0. The van der Waals surface area contributed by atoms with E-state index in [1.807, 2.05) is 13.8 Å². The Bertz CT molecular complexity index is 617. The standard InChI is InChI=1S/C13H19N3O5/c1-8(2)7-9(12(19)20)14-10(17)3-5-16-6-4-11(18)15-13(16)21/h4,6,8-9H,3,5,7H2,1-2H3,(H,14,17)(H,19,20)(H,15,18,21). The van der Waals surface area contributed by atoms with Crippen molar-refractivity contribution in [2.45, 2.75) is 39.3 Å². The highest BCUT2D eigenvalue weighted by atomic mass is 16.4. The number of amides is 1. The van der Waals surface area contributed by atoms with Crippen LogP contribution in [0, 0.1) is 5.92 Å². The van der Waals surface area contributed by atoms with Crippen LogP contribution in [0.4, 0.5) is 0 Å². The Morgan fingerprint density at radius 3 is 2.57 bits per heavy atom. The van der Waals surface area contributed by atoms with Gasteiger partial charge in [-0.1, -0.05) is 13.8 Å². The van der Waals surface area contributed by atoms with Gasteiger partial charge in [-0.3, -0.25) is 14.6 Å². The molecule has 0 spiro atoms. The third kappa shape index (κ3) is 5.64. The van der Waals surface area contributed by atoms with E-state index < -0.39 is 29.2 Å². The van der Waals surface area contributed by atoms with E-state index in [9.17, 15) is 19.2 Å². The average Bonchev–Trinajstić information content (AvgIpc) is 2.36. The normalized spacial score (nSPS) is 12.1. The number of nitrogens with one attached hydrogen (secondary N) is 2. The van der Waals surface area contributed by atoms with Gasteiger partial charge < -0.3 is 15.0 Å². The number of carboxylic acids is 1. The quantitative estimate of drug-likeness (QED) is 0.629. The van der Waals surface area contributed by atoms with Crippen molar-refractivity contribution in [3.05, 3.63) is 33.1 Å². The van der Waals surface area contributed by atoms with Crippen LogP contribution in [0.5, 0.6) is 0 Å². The number of hydrogen-bond acceptors (Lipinski definition) is 4. The predicted octanol–water partition coefficient (Wildman–Crippen LogP) is -0.458. The van der Waals surface area contributed by atoms with Crippen molar-refractivity contribution >= 4 is 11.9 Å². The van der Waals surface area contributed by atoms with Gasteiger partial charge in [-0.15, -0.1) is 0 Å². The molecule has 1 rings (SSSR count). The second-order valence-corrected chi connectivity index (χ2v) is 5.14. The van der Waals surface area contributed by atoms with Gasteiger partial charge in [0.05, 0.1) is 0 Å². The highest BCUT2D eigenvalue weighted by Crippen LogP contribution is 2.05. The van der Waals surface area contributed by atoms with Gasteiger partial charge in [0.25, 0.3) is 5.56 Å². The number of carbonyl (C=O) groups excluding carboxylic acids is 1. The molecule has 0 aliphatic heterocycles. The van der Waals surface area contributed by atoms with Gasteiger partial charge in [0, 0.05) is 25.2 Å². The lowest BCUT2D eigenvalue weighted by Crippen LogP contribution is -2.42. The summed E-state index contributed by atoms with van der Waals surface area (Å²) in [7, 11) is 0. The van der Waals surface area contributed by atoms with Crippen molar-refractivity contribution in [1.82, 2.24) is 14.9 Å². The maximum atomic E-state index is 11.7. The molecule has 1 heterocycles. The Morgan fingerprint density at radius 2 is 2.05 bits per heavy atom. The Morgan fingerprint density at radius 1 is 1.38 bits per heavy atom. The SMILES string of the molecule is CC(C)CC(NC(=O)CCn1ccc(=O)[nH]c1=O)C(=O)O. The summed E-state index contributed by atoms with van der Waals surface area (Å²) >= 11 is 0. The smallest absolute Gasteiger partial charge is 0.328 e. The van der Waals surface area contributed by atoms with Crippen LogP contribution in [-0.2, 0) is 16.1 Å². The fraction of sp³-hybridized carbons (Fsp3) is 0.538. The predicted molar refractivity (Wildman–Crippen MR) is 75.0 cm³/mol. The molecule has 0 aliphatic carbocycles. The summed E-state index contributed by atoms with van der Waals surface area (Å²) in [6.07, 6.45) is 1.57. The first kappa shape index (κ1) is 16.7. The van der Waals surface area contributed by atoms with Crippen molar-refractivity contribution in [3.8, 4) is 0 Å². The average molecular weight is 297 g/mol. The Labute approximate surface area is 120 Å². The largest absolute Gasteiger partial charge is 0.480 e. The van der Waals surface area contributed by atoms with Crippen molar-refractivity contribution in [3.63, 3.8) is 0 Å². The molecular weight excluding hydrogens is 278 g/mol. The van der Waals surface area contributed by atoms with Gasteiger partial charge in [0.2, 0.25) is 5.91 Å². The van der Waals surface area contributed by atoms with E-state index in [1.165, 1.54) is 16.8 Å². The number of hydrogen-bond donors (Lipinski definition) is 3. The third-order valence-corrected chi connectivity index (χ3v) is 2.82. The van der Waals surface area contributed by atoms with Gasteiger partial charge in [-0.2, -0.15) is 0 Å². The number of nitrogens with zero attached hydrogens (tertiary/aromatic N) is 1. The number of aromatic amines is 1. The van der Waals surface area contributed by atoms with Crippen LogP contribution in [0.3, 0.4) is 0 Å². The summed E-state index contributed by atoms with van der Waals surface area (Å²) in [5.74, 6) is -1.41. The topological polar surface area (TPSA) is 121 Å². The van der Waals surface area contributed by atoms with Crippen molar-refractivity contribution < 1.29 is 14.7 Å². The molecule has 1 atom stereocenters. The molecule has 116 valence electrons. The van der Waals surface area contributed by atoms with E-state index >= 15 is 0 Å². The summed E-state index contributed by atoms with van der Waals surface area (Å²) in [6.45, 7) is 3.79. The van der Waals surface area contributed by atoms with Crippen LogP contribution in [0.15, 0.2) is 21.9 Å². The highest BCUT2D eigenvalue weighted by Gasteiger charge is 2.20. The van der Waals surface area contributed by atoms with E-state index in [2.05, 4.69) is 10.3 Å². The van der Waals surface area contributed by atoms with E-state index in [0.717, 1.165) is 0 Å². The minimum absolute atomic E-state index is 0.0478. The van der Waals surface area contributed by atoms with Crippen LogP contribution < -0.4 is 16.6 Å². The number of H-pyrrole nitrogens is 1. The van der Waals surface area contributed by atoms with Crippen molar-refractivity contribution in [2.24, 2.45) is 5.92 Å². The molecule has 0 saturated carbocycles. The minimum Gasteiger partial charge on any atom is -0.480 e. The molecule has 3 N–H and O–H groups in total. The Balaban J connectivity index is 2.58. The molecule has 8 heteroatoms. The molecular formula is C13H19N3O5. The molecule has 1 unspecified atom stereocenters. The summed E-state index contributed by atoms with van der Waals surface area (Å²) in [4.78, 5) is 47.1. The van der Waals surface area contributed by atoms with Crippen molar-refractivity contribution in [1.29, 1.82) is 0 Å². The molecule has 1 aromatic rings. The third-order valence-electron chi connectivity index (χ3n) is 2.82. The molecule has 0 radical (unpaired) electrons. The second kappa shape index (κ2) is 7.41. The molecule has 0 aromatic carbocycles. The minimum atomic E-state index is -1.08. The summed E-state index contributed by atoms with van der Waals surface area (Å²) in [5.41, 5.74) is -1.11. The second-order valence-electron chi connectivity index (χ2n) is 5.14. The van der Waals surface area contributed by atoms with Gasteiger partial charge in [-0.25, -0.2) is 9.59 Å². The number of carboxylic acid groups (broad SMARTS) is 1. The lowest BCUT2D eigenvalue weighted by atomic mass is 10.0. The zero-order chi connectivity index (χ0) is 16.0. The van der Waals surface area contributed by atoms with Crippen LogP contribution in [0.25, 0.3) is 0 Å². The first-order chi connectivity index (χ1) is 9.79. The van der Waals surface area contributed by atoms with Crippen LogP contribution >= 0.6 is 0 Å². The molecule has 21 heavy (non-hydrogen) atoms. The van der Waals surface area contributed by atoms with Crippen molar-refractivity contribution in [2.75, 3.05) is 0 Å². The number of aryl methyl sites for hydroxylation is 1. The maximum absolute atomic E-state index is 11.7. The van der Waals surface area contributed by atoms with E-state index in [1.54, 1.807) is 0 Å². The highest BCUT2D eigenvalue weighted by molar-refractivity contribution is 5.83. The van der Waals surface area contributed by atoms with E-state index in [4.69, 9.17) is 5.11 Å². The molecule has 1 aromatic heterocycles. The first-order valence-electron chi connectivity index (χ1n) is 6.61. The molecule has 0 fully saturated rings. The van der Waals surface area contributed by atoms with Crippen LogP contribution in [-0.4, -0.2) is 32.6 Å². The lowest BCUT2D eigenvalue weighted by Gasteiger charge is -2.16. The molecule has 1 amide bonds. The number of aromatic nitrogens is 2. The maximum Gasteiger partial charge on any atom is 0.328 e. The lowest BCUT2D eigenvalue weighted by molar-refractivity contribution is -0.142. The van der Waals surface area contributed by atoms with Gasteiger partial charge in [0.1, 0.15) is 6.04 Å². The first-order valence-corrected chi connectivity index (χ1v) is 6.61. The number of aliphatic carboxylic acids is 1. The fourth-order valence-electron chi connectivity index (χ4n) is 1.80. The van der Waals surface area contributed by atoms with Crippen LogP contribution in [0.2, 0.25) is 0 Å². The molecule has 0 bridgehead atoms. The zero-order valence-corrected chi connectivity index (χ0v) is 12.0. The summed E-state index contributed by atoms with van der Waals surface area (Å²) in [6, 6.07) is 0.239. The molecule has 0 aliphatic rings. The fourth-order valence-corrected chi connectivity index (χ4v) is 1.80. The van der Waals surface area contributed by atoms with Gasteiger partial charge >= 0.3 is 11.7 Å². The molecule has 0 saturated heterocycles. The number of carbonyl (C=O) groups is 2. The molecule has 8 nitrogen and oxygen atoms in total. The Hall–Kier alpha value is -2.38.